The SMILES string of the molecule is CC[C@H]1O[C@@H](n2ccc(NC(=O)C(C)C)nc2=O)CC1O[P@]1O[C@@]2(c3ccccc3)CCCC[C@H]2N1C. The van der Waals surface area contributed by atoms with Crippen molar-refractivity contribution in [3.05, 3.63) is 58.6 Å². The number of nitrogens with zero attached hydrogens (tertiary/aromatic N) is 3. The van der Waals surface area contributed by atoms with Crippen molar-refractivity contribution in [3.8, 4) is 0 Å². The number of rotatable bonds is 7. The number of hydrogen-bond acceptors (Lipinski definition) is 7. The first-order chi connectivity index (χ1) is 17.8. The Balaban J connectivity index is 1.31. The second-order valence-electron chi connectivity index (χ2n) is 10.5. The molecule has 1 N–H and O–H groups in total. The van der Waals surface area contributed by atoms with Crippen molar-refractivity contribution in [2.45, 2.75) is 89.4 Å². The molecule has 6 atom stereocenters. The summed E-state index contributed by atoms with van der Waals surface area (Å²) in [5.41, 5.74) is 0.406. The van der Waals surface area contributed by atoms with Crippen LogP contribution >= 0.6 is 8.53 Å². The van der Waals surface area contributed by atoms with E-state index in [0.717, 1.165) is 25.7 Å². The van der Waals surface area contributed by atoms with E-state index in [9.17, 15) is 9.59 Å². The molecular weight excluding hydrogens is 491 g/mol. The molecule has 2 aromatic rings. The number of fused-ring (bicyclic) bond motifs is 1. The fraction of sp³-hybridized carbons (Fsp3) is 0.593. The van der Waals surface area contributed by atoms with Crippen LogP contribution in [0, 0.1) is 5.92 Å². The van der Waals surface area contributed by atoms with Gasteiger partial charge in [-0.25, -0.2) is 9.46 Å². The molecule has 1 aliphatic carbocycles. The fourth-order valence-corrected chi connectivity index (χ4v) is 7.58. The highest BCUT2D eigenvalue weighted by atomic mass is 31.2. The second-order valence-corrected chi connectivity index (χ2v) is 12.0. The van der Waals surface area contributed by atoms with Gasteiger partial charge in [0, 0.05) is 18.5 Å². The lowest BCUT2D eigenvalue weighted by Gasteiger charge is -2.38. The van der Waals surface area contributed by atoms with Crippen LogP contribution in [-0.4, -0.2) is 45.4 Å². The van der Waals surface area contributed by atoms with E-state index in [1.807, 2.05) is 6.07 Å². The third-order valence-corrected chi connectivity index (χ3v) is 9.48. The van der Waals surface area contributed by atoms with Crippen LogP contribution in [0.2, 0.25) is 0 Å². The third-order valence-electron chi connectivity index (χ3n) is 7.75. The van der Waals surface area contributed by atoms with Crippen molar-refractivity contribution >= 4 is 20.3 Å². The van der Waals surface area contributed by atoms with Crippen LogP contribution in [0.5, 0.6) is 0 Å². The predicted molar refractivity (Wildman–Crippen MR) is 142 cm³/mol. The number of hydrogen-bond donors (Lipinski definition) is 1. The van der Waals surface area contributed by atoms with Gasteiger partial charge in [-0.15, -0.1) is 0 Å². The van der Waals surface area contributed by atoms with E-state index in [-0.39, 0.29) is 41.5 Å². The maximum atomic E-state index is 12.8. The van der Waals surface area contributed by atoms with Crippen LogP contribution in [0.3, 0.4) is 0 Å². The molecule has 2 aliphatic heterocycles. The summed E-state index contributed by atoms with van der Waals surface area (Å²) in [6, 6.07) is 12.4. The average Bonchev–Trinajstić information content (AvgIpc) is 3.43. The van der Waals surface area contributed by atoms with E-state index >= 15 is 0 Å². The molecule has 200 valence electrons. The topological polar surface area (TPSA) is 94.9 Å². The number of aromatic nitrogens is 2. The Bertz CT molecular complexity index is 1160. The molecule has 0 radical (unpaired) electrons. The van der Waals surface area contributed by atoms with Crippen molar-refractivity contribution < 1.29 is 18.6 Å². The third kappa shape index (κ3) is 5.12. The molecule has 3 fully saturated rings. The van der Waals surface area contributed by atoms with E-state index in [4.69, 9.17) is 13.8 Å². The van der Waals surface area contributed by atoms with Crippen LogP contribution in [0.25, 0.3) is 0 Å². The fourth-order valence-electron chi connectivity index (χ4n) is 5.68. The number of carbonyl (C=O) groups excluding carboxylic acids is 1. The summed E-state index contributed by atoms with van der Waals surface area (Å²) in [4.78, 5) is 28.8. The Morgan fingerprint density at radius 3 is 2.76 bits per heavy atom. The van der Waals surface area contributed by atoms with Gasteiger partial charge in [-0.3, -0.25) is 9.36 Å². The summed E-state index contributed by atoms with van der Waals surface area (Å²) >= 11 is 0. The molecule has 37 heavy (non-hydrogen) atoms. The lowest BCUT2D eigenvalue weighted by Crippen LogP contribution is -2.44. The number of ether oxygens (including phenoxy) is 1. The Morgan fingerprint density at radius 2 is 2.05 bits per heavy atom. The van der Waals surface area contributed by atoms with Crippen LogP contribution < -0.4 is 11.0 Å². The lowest BCUT2D eigenvalue weighted by atomic mass is 9.76. The van der Waals surface area contributed by atoms with Gasteiger partial charge in [0.15, 0.2) is 0 Å². The van der Waals surface area contributed by atoms with E-state index in [0.29, 0.717) is 6.42 Å². The molecule has 1 saturated carbocycles. The van der Waals surface area contributed by atoms with Crippen LogP contribution in [-0.2, 0) is 24.2 Å². The maximum absolute atomic E-state index is 12.8. The van der Waals surface area contributed by atoms with Crippen molar-refractivity contribution in [2.75, 3.05) is 12.4 Å². The standard InChI is InChI=1S/C27H37N4O5P/c1-5-20-21(17-24(34-20)31-16-14-23(29-26(31)33)28-25(32)18(2)3)35-37-30(4)22-13-9-10-15-27(22,36-37)19-11-7-6-8-12-19/h6-8,11-12,14,16,18,20-22,24H,5,9-10,13,15,17H2,1-4H3,(H,28,29,32,33)/t20-,21?,22-,24-,27-,37-/m1/s1. The molecule has 1 amide bonds. The zero-order valence-corrected chi connectivity index (χ0v) is 22.9. The highest BCUT2D eigenvalue weighted by molar-refractivity contribution is 7.44. The number of anilines is 1. The Hall–Kier alpha value is -2.16. The van der Waals surface area contributed by atoms with Crippen molar-refractivity contribution in [2.24, 2.45) is 5.92 Å². The highest BCUT2D eigenvalue weighted by Gasteiger charge is 2.56. The zero-order chi connectivity index (χ0) is 26.2. The summed E-state index contributed by atoms with van der Waals surface area (Å²) in [6.07, 6.45) is 6.44. The minimum Gasteiger partial charge on any atom is -0.352 e. The lowest BCUT2D eigenvalue weighted by molar-refractivity contribution is -0.118. The summed E-state index contributed by atoms with van der Waals surface area (Å²) in [5, 5.41) is 2.67. The first-order valence-corrected chi connectivity index (χ1v) is 14.4. The first kappa shape index (κ1) is 26.4. The number of carbonyl (C=O) groups is 1. The Labute approximate surface area is 219 Å². The van der Waals surface area contributed by atoms with Gasteiger partial charge in [-0.1, -0.05) is 63.9 Å². The highest BCUT2D eigenvalue weighted by Crippen LogP contribution is 2.64. The molecule has 9 nitrogen and oxygen atoms in total. The number of likely N-dealkylation sites (N-methyl/N-ethyl adjacent to an activating group) is 1. The van der Waals surface area contributed by atoms with Crippen LogP contribution in [0.1, 0.15) is 71.1 Å². The van der Waals surface area contributed by atoms with Gasteiger partial charge in [-0.05, 0) is 37.9 Å². The number of amides is 1. The summed E-state index contributed by atoms with van der Waals surface area (Å²) in [5.74, 6) is -0.137. The largest absolute Gasteiger partial charge is 0.352 e. The van der Waals surface area contributed by atoms with E-state index < -0.39 is 20.4 Å². The zero-order valence-electron chi connectivity index (χ0n) is 22.0. The average molecular weight is 529 g/mol. The summed E-state index contributed by atoms with van der Waals surface area (Å²) < 4.78 is 23.6. The monoisotopic (exact) mass is 528 g/mol. The van der Waals surface area contributed by atoms with Gasteiger partial charge in [-0.2, -0.15) is 4.98 Å². The van der Waals surface area contributed by atoms with Gasteiger partial charge in [0.2, 0.25) is 5.91 Å². The molecular formula is C27H37N4O5P. The molecule has 5 rings (SSSR count). The second kappa shape index (κ2) is 10.9. The van der Waals surface area contributed by atoms with E-state index in [1.165, 1.54) is 16.6 Å². The molecule has 1 aromatic carbocycles. The number of benzene rings is 1. The summed E-state index contributed by atoms with van der Waals surface area (Å²) in [6.45, 7) is 5.64. The Morgan fingerprint density at radius 1 is 1.27 bits per heavy atom. The van der Waals surface area contributed by atoms with Crippen LogP contribution in [0.4, 0.5) is 5.82 Å². The van der Waals surface area contributed by atoms with Gasteiger partial charge < -0.3 is 19.1 Å². The van der Waals surface area contributed by atoms with Crippen molar-refractivity contribution in [1.29, 1.82) is 0 Å². The van der Waals surface area contributed by atoms with E-state index in [1.54, 1.807) is 26.1 Å². The van der Waals surface area contributed by atoms with Gasteiger partial charge in [0.25, 0.3) is 8.53 Å². The quantitative estimate of drug-likeness (QED) is 0.508. The maximum Gasteiger partial charge on any atom is 0.351 e. The minimum absolute atomic E-state index is 0.160. The molecule has 0 spiro atoms. The molecule has 2 saturated heterocycles. The first-order valence-electron chi connectivity index (χ1n) is 13.3. The normalized spacial score (nSPS) is 32.0. The molecule has 1 aromatic heterocycles. The molecule has 3 heterocycles. The smallest absolute Gasteiger partial charge is 0.351 e. The Kier molecular flexibility index (Phi) is 7.80. The van der Waals surface area contributed by atoms with Gasteiger partial charge in [0.05, 0.1) is 18.2 Å². The van der Waals surface area contributed by atoms with Crippen LogP contribution in [0.15, 0.2) is 47.4 Å². The van der Waals surface area contributed by atoms with Gasteiger partial charge in [0.1, 0.15) is 17.6 Å². The molecule has 0 bridgehead atoms. The molecule has 1 unspecified atom stereocenters. The van der Waals surface area contributed by atoms with Crippen molar-refractivity contribution in [1.82, 2.24) is 14.2 Å². The minimum atomic E-state index is -1.29. The van der Waals surface area contributed by atoms with Crippen molar-refractivity contribution in [3.63, 3.8) is 0 Å². The molecule has 10 heteroatoms. The van der Waals surface area contributed by atoms with E-state index in [2.05, 4.69) is 53.2 Å². The molecule has 3 aliphatic rings. The summed E-state index contributed by atoms with van der Waals surface area (Å²) in [7, 11) is 0.824. The predicted octanol–water partition coefficient (Wildman–Crippen LogP) is 4.95. The van der Waals surface area contributed by atoms with Gasteiger partial charge >= 0.3 is 5.69 Å². The number of nitrogens with one attached hydrogen (secondary N) is 1.